The number of hydrogen-bond acceptors (Lipinski definition) is 3. The van der Waals surface area contributed by atoms with E-state index in [9.17, 15) is 9.59 Å². The van der Waals surface area contributed by atoms with Crippen molar-refractivity contribution in [2.75, 3.05) is 23.4 Å². The second-order valence-corrected chi connectivity index (χ2v) is 6.15. The van der Waals surface area contributed by atoms with E-state index < -0.39 is 0 Å². The van der Waals surface area contributed by atoms with Crippen molar-refractivity contribution in [3.63, 3.8) is 0 Å². The summed E-state index contributed by atoms with van der Waals surface area (Å²) in [5.41, 5.74) is 1.16. The zero-order valence-electron chi connectivity index (χ0n) is 12.8. The van der Waals surface area contributed by atoms with Crippen LogP contribution in [0.3, 0.4) is 0 Å². The maximum atomic E-state index is 11.8. The first-order valence-corrected chi connectivity index (χ1v) is 7.19. The Bertz CT molecular complexity index is 535. The number of anilines is 2. The Hall–Kier alpha value is -1.88. The predicted molar refractivity (Wildman–Crippen MR) is 82.4 cm³/mol. The first kappa shape index (κ1) is 15.5. The smallest absolute Gasteiger partial charge is 0.250 e. The number of rotatable bonds is 4. The van der Waals surface area contributed by atoms with Crippen LogP contribution in [0.4, 0.5) is 11.4 Å². The molecule has 1 saturated heterocycles. The molecule has 21 heavy (non-hydrogen) atoms. The van der Waals surface area contributed by atoms with E-state index in [4.69, 9.17) is 4.74 Å². The summed E-state index contributed by atoms with van der Waals surface area (Å²) in [4.78, 5) is 25.3. The van der Waals surface area contributed by atoms with Gasteiger partial charge in [0.05, 0.1) is 5.60 Å². The lowest BCUT2D eigenvalue weighted by molar-refractivity contribution is -0.125. The molecular weight excluding hydrogens is 268 g/mol. The van der Waals surface area contributed by atoms with Crippen LogP contribution in [-0.4, -0.2) is 30.6 Å². The van der Waals surface area contributed by atoms with Gasteiger partial charge in [-0.1, -0.05) is 6.07 Å². The molecule has 0 aliphatic carbocycles. The van der Waals surface area contributed by atoms with Gasteiger partial charge in [0.15, 0.2) is 0 Å². The molecule has 5 heteroatoms. The number of carbonyl (C=O) groups excluding carboxylic acids is 2. The summed E-state index contributed by atoms with van der Waals surface area (Å²) in [5.74, 6) is -0.0654. The van der Waals surface area contributed by atoms with Gasteiger partial charge in [-0.15, -0.1) is 0 Å². The lowest BCUT2D eigenvalue weighted by Gasteiger charge is -2.19. The van der Waals surface area contributed by atoms with E-state index in [0.29, 0.717) is 12.1 Å². The van der Waals surface area contributed by atoms with Crippen LogP contribution in [0.5, 0.6) is 0 Å². The summed E-state index contributed by atoms with van der Waals surface area (Å²) in [6, 6.07) is 7.34. The second-order valence-electron chi connectivity index (χ2n) is 6.15. The highest BCUT2D eigenvalue weighted by molar-refractivity contribution is 5.97. The van der Waals surface area contributed by atoms with Crippen LogP contribution in [0.15, 0.2) is 24.3 Å². The van der Waals surface area contributed by atoms with Gasteiger partial charge in [-0.25, -0.2) is 0 Å². The molecule has 0 spiro atoms. The van der Waals surface area contributed by atoms with E-state index in [1.165, 1.54) is 0 Å². The van der Waals surface area contributed by atoms with Gasteiger partial charge in [0, 0.05) is 24.3 Å². The fourth-order valence-electron chi connectivity index (χ4n) is 2.15. The second kappa shape index (κ2) is 6.26. The van der Waals surface area contributed by atoms with Gasteiger partial charge in [-0.2, -0.15) is 0 Å². The van der Waals surface area contributed by atoms with Crippen molar-refractivity contribution in [1.82, 2.24) is 0 Å². The Morgan fingerprint density at radius 3 is 2.76 bits per heavy atom. The van der Waals surface area contributed by atoms with E-state index in [-0.39, 0.29) is 24.0 Å². The van der Waals surface area contributed by atoms with Crippen LogP contribution >= 0.6 is 0 Å². The topological polar surface area (TPSA) is 58.6 Å². The molecule has 0 atom stereocenters. The molecule has 0 bridgehead atoms. The average molecular weight is 290 g/mol. The van der Waals surface area contributed by atoms with Gasteiger partial charge in [0.2, 0.25) is 11.8 Å². The van der Waals surface area contributed by atoms with E-state index in [1.807, 2.05) is 39.0 Å². The summed E-state index contributed by atoms with van der Waals surface area (Å²) >= 11 is 0. The monoisotopic (exact) mass is 290 g/mol. The van der Waals surface area contributed by atoms with Crippen molar-refractivity contribution in [2.45, 2.75) is 39.2 Å². The van der Waals surface area contributed by atoms with Crippen molar-refractivity contribution in [1.29, 1.82) is 0 Å². The van der Waals surface area contributed by atoms with Crippen LogP contribution in [0.25, 0.3) is 0 Å². The van der Waals surface area contributed by atoms with Crippen LogP contribution in [0, 0.1) is 0 Å². The third-order valence-corrected chi connectivity index (χ3v) is 3.15. The molecule has 114 valence electrons. The summed E-state index contributed by atoms with van der Waals surface area (Å²) < 4.78 is 5.43. The highest BCUT2D eigenvalue weighted by atomic mass is 16.5. The Balaban J connectivity index is 1.98. The maximum absolute atomic E-state index is 11.8. The lowest BCUT2D eigenvalue weighted by Crippen LogP contribution is -2.27. The Morgan fingerprint density at radius 2 is 2.14 bits per heavy atom. The first-order chi connectivity index (χ1) is 9.85. The third kappa shape index (κ3) is 4.56. The minimum absolute atomic E-state index is 0.0103. The molecule has 1 heterocycles. The standard InChI is InChI=1S/C16H22N2O3/c1-16(2,3)21-11-14(19)17-12-6-4-7-13(10-12)18-9-5-8-15(18)20/h4,6-7,10H,5,8-9,11H2,1-3H3,(H,17,19). The molecular formula is C16H22N2O3. The minimum atomic E-state index is -0.346. The van der Waals surface area contributed by atoms with Crippen molar-refractivity contribution in [3.8, 4) is 0 Å². The summed E-state index contributed by atoms with van der Waals surface area (Å²) in [5, 5.41) is 2.79. The van der Waals surface area contributed by atoms with E-state index in [2.05, 4.69) is 5.32 Å². The number of benzene rings is 1. The average Bonchev–Trinajstić information content (AvgIpc) is 2.82. The lowest BCUT2D eigenvalue weighted by atomic mass is 10.2. The third-order valence-electron chi connectivity index (χ3n) is 3.15. The predicted octanol–water partition coefficient (Wildman–Crippen LogP) is 2.57. The first-order valence-electron chi connectivity index (χ1n) is 7.19. The van der Waals surface area contributed by atoms with Gasteiger partial charge in [0.1, 0.15) is 6.61 Å². The minimum Gasteiger partial charge on any atom is -0.366 e. The van der Waals surface area contributed by atoms with Crippen LogP contribution in [-0.2, 0) is 14.3 Å². The highest BCUT2D eigenvalue weighted by Gasteiger charge is 2.21. The largest absolute Gasteiger partial charge is 0.366 e. The molecule has 1 aromatic carbocycles. The molecule has 2 amide bonds. The molecule has 1 N–H and O–H groups in total. The number of nitrogens with zero attached hydrogens (tertiary/aromatic N) is 1. The zero-order valence-corrected chi connectivity index (χ0v) is 12.8. The van der Waals surface area contributed by atoms with E-state index in [1.54, 1.807) is 11.0 Å². The van der Waals surface area contributed by atoms with Crippen molar-refractivity contribution >= 4 is 23.2 Å². The zero-order chi connectivity index (χ0) is 15.5. The molecule has 0 aromatic heterocycles. The molecule has 1 aromatic rings. The van der Waals surface area contributed by atoms with Crippen molar-refractivity contribution in [3.05, 3.63) is 24.3 Å². The number of carbonyl (C=O) groups is 2. The van der Waals surface area contributed by atoms with E-state index in [0.717, 1.165) is 18.7 Å². The molecule has 1 fully saturated rings. The molecule has 0 unspecified atom stereocenters. The molecule has 0 radical (unpaired) electrons. The van der Waals surface area contributed by atoms with Crippen molar-refractivity contribution in [2.24, 2.45) is 0 Å². The van der Waals surface area contributed by atoms with Gasteiger partial charge in [0.25, 0.3) is 0 Å². The molecule has 2 rings (SSSR count). The Kier molecular flexibility index (Phi) is 4.63. The van der Waals surface area contributed by atoms with Crippen LogP contribution < -0.4 is 10.2 Å². The maximum Gasteiger partial charge on any atom is 0.250 e. The number of nitrogens with one attached hydrogen (secondary N) is 1. The summed E-state index contributed by atoms with van der Waals surface area (Å²) in [6.45, 7) is 6.46. The highest BCUT2D eigenvalue weighted by Crippen LogP contribution is 2.24. The van der Waals surface area contributed by atoms with Gasteiger partial charge >= 0.3 is 0 Å². The Labute approximate surface area is 125 Å². The quantitative estimate of drug-likeness (QED) is 0.927. The normalized spacial score (nSPS) is 15.4. The van der Waals surface area contributed by atoms with E-state index >= 15 is 0 Å². The van der Waals surface area contributed by atoms with Crippen LogP contribution in [0.1, 0.15) is 33.6 Å². The van der Waals surface area contributed by atoms with Crippen molar-refractivity contribution < 1.29 is 14.3 Å². The van der Waals surface area contributed by atoms with Gasteiger partial charge in [-0.05, 0) is 45.4 Å². The fourth-order valence-corrected chi connectivity index (χ4v) is 2.15. The molecule has 5 nitrogen and oxygen atoms in total. The number of hydrogen-bond donors (Lipinski definition) is 1. The summed E-state index contributed by atoms with van der Waals surface area (Å²) in [7, 11) is 0. The van der Waals surface area contributed by atoms with Gasteiger partial charge < -0.3 is 15.0 Å². The molecule has 1 aliphatic heterocycles. The van der Waals surface area contributed by atoms with Crippen LogP contribution in [0.2, 0.25) is 0 Å². The summed E-state index contributed by atoms with van der Waals surface area (Å²) in [6.07, 6.45) is 1.48. The molecule has 0 saturated carbocycles. The molecule has 1 aliphatic rings. The fraction of sp³-hybridized carbons (Fsp3) is 0.500. The number of ether oxygens (including phenoxy) is 1. The number of amides is 2. The van der Waals surface area contributed by atoms with Gasteiger partial charge in [-0.3, -0.25) is 9.59 Å². The Morgan fingerprint density at radius 1 is 1.38 bits per heavy atom. The SMILES string of the molecule is CC(C)(C)OCC(=O)Nc1cccc(N2CCCC2=O)c1.